The summed E-state index contributed by atoms with van der Waals surface area (Å²) < 4.78 is 40.7. The van der Waals surface area contributed by atoms with Gasteiger partial charge in [-0.1, -0.05) is 6.92 Å². The van der Waals surface area contributed by atoms with Gasteiger partial charge in [-0.3, -0.25) is 0 Å². The zero-order chi connectivity index (χ0) is 14.4. The Morgan fingerprint density at radius 2 is 2.00 bits per heavy atom. The normalized spacial score (nSPS) is 17.5. The van der Waals surface area contributed by atoms with Crippen LogP contribution in [0.25, 0.3) is 0 Å². The second-order valence-electron chi connectivity index (χ2n) is 5.68. The number of aryl methyl sites for hydroxylation is 1. The molecule has 0 amide bonds. The van der Waals surface area contributed by atoms with Crippen molar-refractivity contribution in [2.24, 2.45) is 5.41 Å². The largest absolute Gasteiger partial charge is 0.396 e. The molecule has 0 radical (unpaired) electrons. The van der Waals surface area contributed by atoms with E-state index in [1.54, 1.807) is 6.92 Å². The van der Waals surface area contributed by atoms with E-state index in [1.165, 1.54) is 6.92 Å². The number of nitrogen functional groups attached to an aromatic ring is 1. The monoisotopic (exact) mass is 286 g/mol. The molecule has 0 saturated heterocycles. The third kappa shape index (κ3) is 2.74. The first-order valence-electron chi connectivity index (χ1n) is 6.21. The Hall–Kier alpha value is -1.14. The minimum Gasteiger partial charge on any atom is -0.396 e. The Morgan fingerprint density at radius 1 is 1.42 bits per heavy atom. The molecule has 1 saturated carbocycles. The maximum absolute atomic E-state index is 13.5. The van der Waals surface area contributed by atoms with Crippen molar-refractivity contribution >= 4 is 15.7 Å². The molecule has 3 N–H and O–H groups in total. The minimum absolute atomic E-state index is 0.0699. The molecule has 0 heterocycles. The van der Waals surface area contributed by atoms with Crippen LogP contribution in [0.15, 0.2) is 11.0 Å². The van der Waals surface area contributed by atoms with Crippen LogP contribution in [0.3, 0.4) is 0 Å². The van der Waals surface area contributed by atoms with Crippen molar-refractivity contribution < 1.29 is 12.8 Å². The Balaban J connectivity index is 2.37. The predicted octanol–water partition coefficient (Wildman–Crippen LogP) is 2.10. The summed E-state index contributed by atoms with van der Waals surface area (Å²) in [6, 6.07) is 1.16. The zero-order valence-electron chi connectivity index (χ0n) is 11.4. The molecule has 0 spiro atoms. The number of rotatable bonds is 4. The SMILES string of the molecule is Cc1cc(F)c(N)c(C)c1S(=O)(=O)NCC1(C)CC1. The van der Waals surface area contributed by atoms with Crippen molar-refractivity contribution in [2.75, 3.05) is 12.3 Å². The fourth-order valence-corrected chi connectivity index (χ4v) is 3.75. The molecule has 0 unspecified atom stereocenters. The van der Waals surface area contributed by atoms with Crippen molar-refractivity contribution in [3.8, 4) is 0 Å². The summed E-state index contributed by atoms with van der Waals surface area (Å²) in [7, 11) is -3.65. The lowest BCUT2D eigenvalue weighted by Gasteiger charge is -2.16. The Labute approximate surface area is 113 Å². The number of hydrogen-bond acceptors (Lipinski definition) is 3. The van der Waals surface area contributed by atoms with E-state index in [-0.39, 0.29) is 21.6 Å². The van der Waals surface area contributed by atoms with Crippen LogP contribution in [0.5, 0.6) is 0 Å². The van der Waals surface area contributed by atoms with Crippen molar-refractivity contribution in [2.45, 2.75) is 38.5 Å². The zero-order valence-corrected chi connectivity index (χ0v) is 12.2. The van der Waals surface area contributed by atoms with E-state index < -0.39 is 15.8 Å². The topological polar surface area (TPSA) is 72.2 Å². The lowest BCUT2D eigenvalue weighted by molar-refractivity contribution is 0.529. The van der Waals surface area contributed by atoms with Gasteiger partial charge in [0.1, 0.15) is 5.82 Å². The average molecular weight is 286 g/mol. The molecule has 0 aliphatic heterocycles. The lowest BCUT2D eigenvalue weighted by atomic mass is 10.1. The highest BCUT2D eigenvalue weighted by atomic mass is 32.2. The second-order valence-corrected chi connectivity index (χ2v) is 7.38. The average Bonchev–Trinajstić information content (AvgIpc) is 3.02. The van der Waals surface area contributed by atoms with Gasteiger partial charge in [0, 0.05) is 6.54 Å². The molecular formula is C13H19FN2O2S. The lowest BCUT2D eigenvalue weighted by Crippen LogP contribution is -2.30. The number of nitrogens with one attached hydrogen (secondary N) is 1. The van der Waals surface area contributed by atoms with Gasteiger partial charge in [-0.15, -0.1) is 0 Å². The molecule has 1 aliphatic carbocycles. The van der Waals surface area contributed by atoms with E-state index in [0.29, 0.717) is 12.1 Å². The summed E-state index contributed by atoms with van der Waals surface area (Å²) in [4.78, 5) is 0.0932. The first-order chi connectivity index (χ1) is 8.66. The molecule has 0 aromatic heterocycles. The number of anilines is 1. The van der Waals surface area contributed by atoms with E-state index in [0.717, 1.165) is 18.9 Å². The molecule has 19 heavy (non-hydrogen) atoms. The van der Waals surface area contributed by atoms with Crippen LogP contribution in [-0.2, 0) is 10.0 Å². The highest BCUT2D eigenvalue weighted by Gasteiger charge is 2.38. The fraction of sp³-hybridized carbons (Fsp3) is 0.538. The Morgan fingerprint density at radius 3 is 2.53 bits per heavy atom. The van der Waals surface area contributed by atoms with Gasteiger partial charge < -0.3 is 5.73 Å². The van der Waals surface area contributed by atoms with Gasteiger partial charge in [-0.25, -0.2) is 17.5 Å². The number of sulfonamides is 1. The van der Waals surface area contributed by atoms with Gasteiger partial charge in [0.05, 0.1) is 10.6 Å². The molecule has 0 atom stereocenters. The standard InChI is InChI=1S/C13H19FN2O2S/c1-8-6-10(14)11(15)9(2)12(8)19(17,18)16-7-13(3)4-5-13/h6,16H,4-5,7,15H2,1-3H3. The predicted molar refractivity (Wildman–Crippen MR) is 72.8 cm³/mol. The van der Waals surface area contributed by atoms with Crippen molar-refractivity contribution in [1.29, 1.82) is 0 Å². The highest BCUT2D eigenvalue weighted by Crippen LogP contribution is 2.44. The number of hydrogen-bond donors (Lipinski definition) is 2. The second kappa shape index (κ2) is 4.45. The molecule has 1 fully saturated rings. The van der Waals surface area contributed by atoms with Crippen LogP contribution >= 0.6 is 0 Å². The van der Waals surface area contributed by atoms with Gasteiger partial charge in [0.25, 0.3) is 0 Å². The van der Waals surface area contributed by atoms with Gasteiger partial charge in [-0.2, -0.15) is 0 Å². The van der Waals surface area contributed by atoms with Crippen molar-refractivity contribution in [3.05, 3.63) is 23.0 Å². The van der Waals surface area contributed by atoms with Crippen molar-refractivity contribution in [1.82, 2.24) is 4.72 Å². The van der Waals surface area contributed by atoms with E-state index in [4.69, 9.17) is 5.73 Å². The fourth-order valence-electron chi connectivity index (χ4n) is 2.08. The minimum atomic E-state index is -3.65. The smallest absolute Gasteiger partial charge is 0.241 e. The van der Waals surface area contributed by atoms with Crippen molar-refractivity contribution in [3.63, 3.8) is 0 Å². The van der Waals surface area contributed by atoms with Crippen LogP contribution in [0, 0.1) is 25.1 Å². The van der Waals surface area contributed by atoms with Crippen LogP contribution in [-0.4, -0.2) is 15.0 Å². The third-order valence-electron chi connectivity index (χ3n) is 3.76. The molecule has 4 nitrogen and oxygen atoms in total. The van der Waals surface area contributed by atoms with Gasteiger partial charge in [0.15, 0.2) is 0 Å². The van der Waals surface area contributed by atoms with Crippen LogP contribution < -0.4 is 10.5 Å². The van der Waals surface area contributed by atoms with Gasteiger partial charge >= 0.3 is 0 Å². The quantitative estimate of drug-likeness (QED) is 0.833. The molecule has 1 aromatic carbocycles. The summed E-state index contributed by atoms with van der Waals surface area (Å²) in [5.41, 5.74) is 6.18. The maximum atomic E-state index is 13.5. The van der Waals surface area contributed by atoms with Gasteiger partial charge in [0.2, 0.25) is 10.0 Å². The molecular weight excluding hydrogens is 267 g/mol. The molecule has 106 valence electrons. The first-order valence-corrected chi connectivity index (χ1v) is 7.69. The van der Waals surface area contributed by atoms with Crippen LogP contribution in [0.2, 0.25) is 0 Å². The van der Waals surface area contributed by atoms with E-state index in [9.17, 15) is 12.8 Å². The number of halogens is 1. The van der Waals surface area contributed by atoms with E-state index >= 15 is 0 Å². The highest BCUT2D eigenvalue weighted by molar-refractivity contribution is 7.89. The first kappa shape index (κ1) is 14.3. The Bertz CT molecular complexity index is 622. The molecule has 6 heteroatoms. The molecule has 2 rings (SSSR count). The van der Waals surface area contributed by atoms with Crippen LogP contribution in [0.4, 0.5) is 10.1 Å². The molecule has 1 aliphatic rings. The summed E-state index contributed by atoms with van der Waals surface area (Å²) in [6.07, 6.45) is 2.05. The van der Waals surface area contributed by atoms with Crippen LogP contribution in [0.1, 0.15) is 30.9 Å². The summed E-state index contributed by atoms with van der Waals surface area (Å²) in [5, 5.41) is 0. The number of nitrogens with two attached hydrogens (primary N) is 1. The summed E-state index contributed by atoms with van der Waals surface area (Å²) in [6.45, 7) is 5.54. The van der Waals surface area contributed by atoms with E-state index in [1.807, 2.05) is 6.92 Å². The summed E-state index contributed by atoms with van der Waals surface area (Å²) in [5.74, 6) is -0.580. The van der Waals surface area contributed by atoms with E-state index in [2.05, 4.69) is 4.72 Å². The molecule has 0 bridgehead atoms. The maximum Gasteiger partial charge on any atom is 0.241 e. The Kier molecular flexibility index (Phi) is 3.35. The number of benzene rings is 1. The third-order valence-corrected chi connectivity index (χ3v) is 5.45. The van der Waals surface area contributed by atoms with Gasteiger partial charge in [-0.05, 0) is 49.3 Å². The molecule has 1 aromatic rings. The summed E-state index contributed by atoms with van der Waals surface area (Å²) >= 11 is 0.